The lowest BCUT2D eigenvalue weighted by molar-refractivity contribution is -0.591. The molecule has 82 heavy (non-hydrogen) atoms. The van der Waals surface area contributed by atoms with Gasteiger partial charge in [-0.15, -0.1) is 23.2 Å². The summed E-state index contributed by atoms with van der Waals surface area (Å²) in [7, 11) is 0. The Morgan fingerprint density at radius 2 is 0.793 bits per heavy atom. The zero-order valence-electron chi connectivity index (χ0n) is 45.6. The Bertz CT molecular complexity index is 3050. The molecule has 6 aromatic rings. The highest BCUT2D eigenvalue weighted by Crippen LogP contribution is 2.30. The number of fused-ring (bicyclic) bond motifs is 4. The Morgan fingerprint density at radius 3 is 1.02 bits per heavy atom. The number of esters is 4. The fourth-order valence-electron chi connectivity index (χ4n) is 8.53. The summed E-state index contributed by atoms with van der Waals surface area (Å²) < 4.78 is 70.8. The number of hydrogen-bond donors (Lipinski definition) is 1. The monoisotopic (exact) mass is 1190 g/mol. The second-order valence-corrected chi connectivity index (χ2v) is 20.3. The molecule has 26 nitrogen and oxygen atoms in total. The third-order valence-corrected chi connectivity index (χ3v) is 12.4. The van der Waals surface area contributed by atoms with Crippen LogP contribution < -0.4 is 37.9 Å². The molecular weight excluding hydrogens is 1130 g/mol. The number of benzene rings is 4. The maximum atomic E-state index is 13.4. The molecule has 0 bridgehead atoms. The number of carbonyl (C=O) groups excluding carboxylic acids is 4. The Kier molecular flexibility index (Phi) is 21.5. The van der Waals surface area contributed by atoms with E-state index in [1.54, 1.807) is 27.7 Å². The molecule has 3 atom stereocenters. The van der Waals surface area contributed by atoms with Crippen LogP contribution in [0, 0.1) is 20.8 Å². The van der Waals surface area contributed by atoms with Crippen LogP contribution in [0.25, 0.3) is 44.1 Å². The highest BCUT2D eigenvalue weighted by Gasteiger charge is 2.36. The van der Waals surface area contributed by atoms with Gasteiger partial charge in [0, 0.05) is 37.5 Å². The van der Waals surface area contributed by atoms with Crippen molar-refractivity contribution in [3.05, 3.63) is 93.6 Å². The van der Waals surface area contributed by atoms with Crippen LogP contribution in [0.15, 0.2) is 72.8 Å². The normalized spacial score (nSPS) is 19.4. The van der Waals surface area contributed by atoms with Gasteiger partial charge in [-0.1, -0.05) is 24.3 Å². The number of halogens is 2. The Hall–Kier alpha value is -6.66. The predicted molar refractivity (Wildman–Crippen MR) is 286 cm³/mol. The molecule has 10 rings (SSSR count). The number of aliphatic hydroxyl groups is 1. The Balaban J connectivity index is 0.000000202. The van der Waals surface area contributed by atoms with E-state index in [1.807, 2.05) is 13.8 Å². The van der Waals surface area contributed by atoms with Crippen molar-refractivity contribution in [1.29, 1.82) is 0 Å². The van der Waals surface area contributed by atoms with Crippen molar-refractivity contribution in [2.45, 2.75) is 90.1 Å². The van der Waals surface area contributed by atoms with Crippen LogP contribution in [-0.2, 0) is 61.8 Å². The molecule has 4 saturated heterocycles. The second kappa shape index (κ2) is 28.1. The van der Waals surface area contributed by atoms with E-state index in [-0.39, 0.29) is 105 Å². The summed E-state index contributed by atoms with van der Waals surface area (Å²) in [5.74, 6) is -6.39. The number of carbonyl (C=O) groups is 4. The first-order valence-electron chi connectivity index (χ1n) is 25.7. The maximum Gasteiger partial charge on any atom is 0.337 e. The predicted octanol–water partition coefficient (Wildman–Crippen LogP) is 3.88. The average Bonchev–Trinajstić information content (AvgIpc) is 4.34. The fraction of sp³-hybridized carbons (Fsp3) is 0.481. The second-order valence-electron chi connectivity index (χ2n) is 19.7. The third-order valence-electron chi connectivity index (χ3n) is 12.0. The van der Waals surface area contributed by atoms with Gasteiger partial charge in [-0.25, -0.2) is 9.59 Å². The van der Waals surface area contributed by atoms with Crippen molar-refractivity contribution in [3.63, 3.8) is 0 Å². The quantitative estimate of drug-likeness (QED) is 0.0381. The number of alkyl halides is 2. The van der Waals surface area contributed by atoms with Gasteiger partial charge in [0.25, 0.3) is 22.1 Å². The van der Waals surface area contributed by atoms with Gasteiger partial charge in [0.1, 0.15) is 43.3 Å². The molecule has 3 unspecified atom stereocenters. The van der Waals surface area contributed by atoms with E-state index in [9.17, 15) is 40.0 Å². The highest BCUT2D eigenvalue weighted by atomic mass is 35.5. The van der Waals surface area contributed by atoms with Crippen LogP contribution in [0.3, 0.4) is 0 Å². The number of ether oxygens (including phenoxy) is 13. The lowest BCUT2D eigenvalue weighted by Gasteiger charge is -2.17. The number of para-hydroxylation sites is 4. The van der Waals surface area contributed by atoms with Crippen LogP contribution >= 0.6 is 23.2 Å². The summed E-state index contributed by atoms with van der Waals surface area (Å²) in [5.41, 5.74) is -1.06. The zero-order valence-corrected chi connectivity index (χ0v) is 47.1. The van der Waals surface area contributed by atoms with Gasteiger partial charge in [-0.3, -0.25) is 9.59 Å². The number of aromatic nitrogens is 4. The molecule has 0 saturated carbocycles. The van der Waals surface area contributed by atoms with Crippen molar-refractivity contribution in [2.24, 2.45) is 0 Å². The third kappa shape index (κ3) is 16.3. The van der Waals surface area contributed by atoms with Gasteiger partial charge in [0.15, 0.2) is 17.4 Å². The minimum absolute atomic E-state index is 0.0451. The average molecular weight is 1190 g/mol. The van der Waals surface area contributed by atoms with E-state index < -0.39 is 66.2 Å². The van der Waals surface area contributed by atoms with Crippen LogP contribution in [0.4, 0.5) is 0 Å². The van der Waals surface area contributed by atoms with Crippen molar-refractivity contribution in [2.75, 3.05) is 77.8 Å². The van der Waals surface area contributed by atoms with E-state index in [1.165, 1.54) is 85.6 Å². The number of nitrogens with zero attached hydrogens (tertiary/aromatic N) is 4. The van der Waals surface area contributed by atoms with Crippen molar-refractivity contribution >= 4 is 91.2 Å². The van der Waals surface area contributed by atoms with Crippen LogP contribution in [0.5, 0.6) is 23.0 Å². The molecule has 0 aliphatic carbocycles. The van der Waals surface area contributed by atoms with Gasteiger partial charge in [-0.05, 0) is 78.6 Å². The molecule has 6 heterocycles. The van der Waals surface area contributed by atoms with Gasteiger partial charge in [0.05, 0.1) is 39.6 Å². The molecule has 4 aliphatic rings. The molecule has 444 valence electrons. The lowest BCUT2D eigenvalue weighted by Crippen LogP contribution is -2.40. The first-order valence-corrected chi connectivity index (χ1v) is 26.8. The molecule has 0 spiro atoms. The standard InChI is InChI=1S/C28H32N2O12.C16H10Cl2N2O6.C6H12O3.C4H8O/c1-27(2)37-13-17(41-27)11-35-15-23(31)39-21-9-5-7-19-25(21)29(33)20-8-6-10-22(26(20)30(19)34)40-24(32)16-36-12-18-14-38-28(3,4)42-18;17-7-13(21)25-11-5-1-3-9-15(11)20(24)10-4-2-6-12(16(10)19(9)23)26-14(22)8-18;1-6(2)8-4-5(3-7)9-6;1-2-4-5-3-1/h5-10,17-18H,11-16H2,1-4H3;1-6H,7-8H2;5,7H,3-4H2,1-2H3;1-4H2. The number of rotatable bonds is 15. The molecule has 4 aliphatic heterocycles. The molecule has 4 aromatic carbocycles. The first kappa shape index (κ1) is 62.9. The molecular formula is C54H62Cl2N4O22. The summed E-state index contributed by atoms with van der Waals surface area (Å²) in [6.45, 7) is 13.4. The summed E-state index contributed by atoms with van der Waals surface area (Å²) in [5, 5.41) is 61.1. The van der Waals surface area contributed by atoms with Gasteiger partial charge < -0.3 is 87.5 Å². The maximum absolute atomic E-state index is 13.4. The lowest BCUT2D eigenvalue weighted by atomic mass is 10.2. The molecule has 2 aromatic heterocycles. The number of hydrogen-bond acceptors (Lipinski definition) is 22. The molecule has 0 amide bonds. The van der Waals surface area contributed by atoms with Gasteiger partial charge in [-0.2, -0.15) is 18.9 Å². The van der Waals surface area contributed by atoms with Crippen molar-refractivity contribution in [3.8, 4) is 23.0 Å². The molecule has 0 radical (unpaired) electrons. The van der Waals surface area contributed by atoms with E-state index in [0.29, 0.717) is 38.7 Å². The van der Waals surface area contributed by atoms with Crippen molar-refractivity contribution in [1.82, 2.24) is 0 Å². The Labute approximate surface area is 478 Å². The first-order chi connectivity index (χ1) is 39.0. The number of aliphatic hydroxyl groups excluding tert-OH is 1. The van der Waals surface area contributed by atoms with Crippen LogP contribution in [-0.4, -0.2) is 142 Å². The molecule has 4 fully saturated rings. The van der Waals surface area contributed by atoms with Crippen LogP contribution in [0.1, 0.15) is 54.4 Å². The van der Waals surface area contributed by atoms with Crippen molar-refractivity contribution < 1.29 is 105 Å². The zero-order chi connectivity index (χ0) is 59.4. The van der Waals surface area contributed by atoms with Gasteiger partial charge in [0.2, 0.25) is 23.0 Å². The molecule has 1 N–H and O–H groups in total. The summed E-state index contributed by atoms with van der Waals surface area (Å²) in [6.07, 6.45) is 1.76. The van der Waals surface area contributed by atoms with Crippen LogP contribution in [0.2, 0.25) is 0 Å². The smallest absolute Gasteiger partial charge is 0.337 e. The summed E-state index contributed by atoms with van der Waals surface area (Å²) in [4.78, 5) is 47.9. The van der Waals surface area contributed by atoms with E-state index in [4.69, 9.17) is 89.9 Å². The largest absolute Gasteiger partial charge is 0.617 e. The highest BCUT2D eigenvalue weighted by molar-refractivity contribution is 6.27. The summed E-state index contributed by atoms with van der Waals surface area (Å²) >= 11 is 10.8. The summed E-state index contributed by atoms with van der Waals surface area (Å²) in [6, 6.07) is 16.8. The van der Waals surface area contributed by atoms with Gasteiger partial charge >= 0.3 is 45.9 Å². The van der Waals surface area contributed by atoms with E-state index in [0.717, 1.165) is 13.2 Å². The van der Waals surface area contributed by atoms with E-state index >= 15 is 0 Å². The topological polar surface area (TPSA) is 316 Å². The molecule has 28 heteroatoms. The Morgan fingerprint density at radius 1 is 0.500 bits per heavy atom. The minimum atomic E-state index is -0.779. The SMILES string of the molecule is C1CCOC1.CC1(C)OCC(CO)O1.CC1(C)OCC(COCC(=O)Oc2cccc3c2[n+]([O-])c2cccc(OC(=O)COCC4COC(C)(C)O4)c2[n+]3[O-])O1.O=C(CCl)Oc1cccc2c1[n+]([O-])c1cccc(OC(=O)CCl)c1[n+]2[O-]. The minimum Gasteiger partial charge on any atom is -0.617 e. The fourth-order valence-corrected chi connectivity index (χ4v) is 8.64. The van der Waals surface area contributed by atoms with E-state index in [2.05, 4.69) is 0 Å².